The summed E-state index contributed by atoms with van der Waals surface area (Å²) in [6.07, 6.45) is 1.87. The molecule has 0 aliphatic rings. The van der Waals surface area contributed by atoms with E-state index in [2.05, 4.69) is 17.8 Å². The maximum absolute atomic E-state index is 12.2. The van der Waals surface area contributed by atoms with Gasteiger partial charge in [0.25, 0.3) is 11.8 Å². The minimum atomic E-state index is -0.449. The minimum absolute atomic E-state index is 0.0616. The fourth-order valence-electron chi connectivity index (χ4n) is 2.23. The van der Waals surface area contributed by atoms with Crippen LogP contribution in [0.1, 0.15) is 43.1 Å². The first-order valence-corrected chi connectivity index (χ1v) is 9.09. The van der Waals surface area contributed by atoms with E-state index in [4.69, 9.17) is 9.47 Å². The van der Waals surface area contributed by atoms with Crippen molar-refractivity contribution in [1.82, 2.24) is 10.9 Å². The average Bonchev–Trinajstić information content (AvgIpc) is 2.70. The molecule has 1 unspecified atom stereocenters. The zero-order valence-corrected chi connectivity index (χ0v) is 16.0. The van der Waals surface area contributed by atoms with E-state index < -0.39 is 11.8 Å². The lowest BCUT2D eigenvalue weighted by Gasteiger charge is -2.13. The van der Waals surface area contributed by atoms with Crippen molar-refractivity contribution in [2.45, 2.75) is 39.7 Å². The van der Waals surface area contributed by atoms with Gasteiger partial charge in [0.05, 0.1) is 6.10 Å². The first kappa shape index (κ1) is 20.3. The van der Waals surface area contributed by atoms with E-state index in [0.29, 0.717) is 17.1 Å². The van der Waals surface area contributed by atoms with Crippen molar-refractivity contribution < 1.29 is 19.1 Å². The summed E-state index contributed by atoms with van der Waals surface area (Å²) in [5, 5.41) is 0. The van der Waals surface area contributed by atoms with Crippen molar-refractivity contribution in [3.8, 4) is 11.5 Å². The molecule has 0 aliphatic heterocycles. The quantitative estimate of drug-likeness (QED) is 0.699. The van der Waals surface area contributed by atoms with Gasteiger partial charge in [-0.2, -0.15) is 0 Å². The molecule has 6 nitrogen and oxygen atoms in total. The molecule has 2 aromatic rings. The Bertz CT molecular complexity index is 759. The Morgan fingerprint density at radius 2 is 1.74 bits per heavy atom. The van der Waals surface area contributed by atoms with Crippen LogP contribution >= 0.6 is 0 Å². The molecule has 0 aromatic heterocycles. The number of benzene rings is 2. The van der Waals surface area contributed by atoms with E-state index in [1.807, 2.05) is 38.1 Å². The van der Waals surface area contributed by atoms with Gasteiger partial charge in [-0.25, -0.2) is 0 Å². The topological polar surface area (TPSA) is 76.7 Å². The standard InChI is InChI=1S/C21H26N2O4/c1-4-15(3)27-19-8-6-7-17(13-19)21(25)23-22-20(24)14-26-18-11-9-16(5-2)10-12-18/h6-13,15H,4-5,14H2,1-3H3,(H,22,24)(H,23,25). The summed E-state index contributed by atoms with van der Waals surface area (Å²) >= 11 is 0. The molecule has 0 saturated heterocycles. The maximum atomic E-state index is 12.2. The number of hydrogen-bond donors (Lipinski definition) is 2. The molecule has 0 saturated carbocycles. The van der Waals surface area contributed by atoms with Gasteiger partial charge in [-0.05, 0) is 55.7 Å². The third-order valence-electron chi connectivity index (χ3n) is 4.03. The van der Waals surface area contributed by atoms with E-state index in [-0.39, 0.29) is 12.7 Å². The van der Waals surface area contributed by atoms with E-state index in [1.54, 1.807) is 24.3 Å². The van der Waals surface area contributed by atoms with Crippen LogP contribution in [0.5, 0.6) is 11.5 Å². The van der Waals surface area contributed by atoms with Crippen molar-refractivity contribution in [3.05, 3.63) is 59.7 Å². The van der Waals surface area contributed by atoms with Crippen molar-refractivity contribution in [2.75, 3.05) is 6.61 Å². The summed E-state index contributed by atoms with van der Waals surface area (Å²) in [5.41, 5.74) is 6.30. The van der Waals surface area contributed by atoms with Gasteiger partial charge < -0.3 is 9.47 Å². The number of amides is 2. The van der Waals surface area contributed by atoms with Crippen molar-refractivity contribution in [1.29, 1.82) is 0 Å². The molecule has 0 fully saturated rings. The molecule has 2 aromatic carbocycles. The Hall–Kier alpha value is -3.02. The minimum Gasteiger partial charge on any atom is -0.491 e. The fraction of sp³-hybridized carbons (Fsp3) is 0.333. The SMILES string of the molecule is CCc1ccc(OCC(=O)NNC(=O)c2cccc(OC(C)CC)c2)cc1. The number of hydrazine groups is 1. The number of carbonyl (C=O) groups is 2. The summed E-state index contributed by atoms with van der Waals surface area (Å²) in [4.78, 5) is 24.0. The zero-order valence-electron chi connectivity index (χ0n) is 16.0. The van der Waals surface area contributed by atoms with E-state index in [1.165, 1.54) is 5.56 Å². The highest BCUT2D eigenvalue weighted by Gasteiger charge is 2.10. The molecule has 2 rings (SSSR count). The third kappa shape index (κ3) is 6.66. The summed E-state index contributed by atoms with van der Waals surface area (Å²) in [5.74, 6) is 0.339. The van der Waals surface area contributed by atoms with Crippen LogP contribution in [0, 0.1) is 0 Å². The molecule has 1 atom stereocenters. The van der Waals surface area contributed by atoms with Crippen molar-refractivity contribution >= 4 is 11.8 Å². The predicted octanol–water partition coefficient (Wildman–Crippen LogP) is 3.27. The fourth-order valence-corrected chi connectivity index (χ4v) is 2.23. The molecule has 0 bridgehead atoms. The van der Waals surface area contributed by atoms with Crippen LogP contribution in [0.3, 0.4) is 0 Å². The van der Waals surface area contributed by atoms with E-state index >= 15 is 0 Å². The predicted molar refractivity (Wildman–Crippen MR) is 104 cm³/mol. The normalized spacial score (nSPS) is 11.4. The van der Waals surface area contributed by atoms with Crippen LogP contribution in [-0.2, 0) is 11.2 Å². The Kier molecular flexibility index (Phi) is 7.67. The number of nitrogens with one attached hydrogen (secondary N) is 2. The first-order valence-electron chi connectivity index (χ1n) is 9.09. The highest BCUT2D eigenvalue weighted by atomic mass is 16.5. The highest BCUT2D eigenvalue weighted by molar-refractivity contribution is 5.95. The molecular weight excluding hydrogens is 344 g/mol. The second kappa shape index (κ2) is 10.2. The lowest BCUT2D eigenvalue weighted by molar-refractivity contribution is -0.123. The molecule has 0 spiro atoms. The molecule has 2 amide bonds. The lowest BCUT2D eigenvalue weighted by atomic mass is 10.2. The molecule has 0 aliphatic carbocycles. The number of carbonyl (C=O) groups excluding carboxylic acids is 2. The average molecular weight is 370 g/mol. The van der Waals surface area contributed by atoms with Gasteiger partial charge in [-0.15, -0.1) is 0 Å². The van der Waals surface area contributed by atoms with Crippen LogP contribution in [0.4, 0.5) is 0 Å². The van der Waals surface area contributed by atoms with Gasteiger partial charge in [-0.3, -0.25) is 20.4 Å². The Labute approximate surface area is 159 Å². The second-order valence-electron chi connectivity index (χ2n) is 6.15. The van der Waals surface area contributed by atoms with Gasteiger partial charge >= 0.3 is 0 Å². The van der Waals surface area contributed by atoms with Crippen LogP contribution in [-0.4, -0.2) is 24.5 Å². The number of rotatable bonds is 8. The summed E-state index contributed by atoms with van der Waals surface area (Å²) in [6, 6.07) is 14.3. The number of hydrogen-bond acceptors (Lipinski definition) is 4. The Morgan fingerprint density at radius 1 is 1.00 bits per heavy atom. The molecule has 144 valence electrons. The first-order chi connectivity index (χ1) is 13.0. The Morgan fingerprint density at radius 3 is 2.41 bits per heavy atom. The summed E-state index contributed by atoms with van der Waals surface area (Å²) < 4.78 is 11.1. The van der Waals surface area contributed by atoms with Gasteiger partial charge in [0.15, 0.2) is 6.61 Å². The van der Waals surface area contributed by atoms with Crippen LogP contribution < -0.4 is 20.3 Å². The summed E-state index contributed by atoms with van der Waals surface area (Å²) in [6.45, 7) is 5.86. The van der Waals surface area contributed by atoms with Crippen molar-refractivity contribution in [2.24, 2.45) is 0 Å². The van der Waals surface area contributed by atoms with Gasteiger partial charge in [0, 0.05) is 5.56 Å². The van der Waals surface area contributed by atoms with Crippen molar-refractivity contribution in [3.63, 3.8) is 0 Å². The molecule has 2 N–H and O–H groups in total. The van der Waals surface area contributed by atoms with E-state index in [9.17, 15) is 9.59 Å². The van der Waals surface area contributed by atoms with Gasteiger partial charge in [0.2, 0.25) is 0 Å². The van der Waals surface area contributed by atoms with E-state index in [0.717, 1.165) is 12.8 Å². The monoisotopic (exact) mass is 370 g/mol. The molecule has 0 heterocycles. The molecular formula is C21H26N2O4. The third-order valence-corrected chi connectivity index (χ3v) is 4.03. The molecule has 27 heavy (non-hydrogen) atoms. The number of ether oxygens (including phenoxy) is 2. The molecule has 0 radical (unpaired) electrons. The maximum Gasteiger partial charge on any atom is 0.276 e. The second-order valence-corrected chi connectivity index (χ2v) is 6.15. The van der Waals surface area contributed by atoms with Crippen LogP contribution in [0.15, 0.2) is 48.5 Å². The summed E-state index contributed by atoms with van der Waals surface area (Å²) in [7, 11) is 0. The smallest absolute Gasteiger partial charge is 0.276 e. The largest absolute Gasteiger partial charge is 0.491 e. The van der Waals surface area contributed by atoms with Gasteiger partial charge in [-0.1, -0.05) is 32.0 Å². The van der Waals surface area contributed by atoms with Crippen LogP contribution in [0.25, 0.3) is 0 Å². The zero-order chi connectivity index (χ0) is 19.6. The highest BCUT2D eigenvalue weighted by Crippen LogP contribution is 2.16. The Balaban J connectivity index is 1.80. The van der Waals surface area contributed by atoms with Crippen LogP contribution in [0.2, 0.25) is 0 Å². The van der Waals surface area contributed by atoms with Gasteiger partial charge in [0.1, 0.15) is 11.5 Å². The number of aryl methyl sites for hydroxylation is 1. The molecule has 6 heteroatoms. The lowest BCUT2D eigenvalue weighted by Crippen LogP contribution is -2.43.